The van der Waals surface area contributed by atoms with Gasteiger partial charge < -0.3 is 10.6 Å². The van der Waals surface area contributed by atoms with Crippen molar-refractivity contribution in [2.75, 3.05) is 27.2 Å². The molecule has 8 heteroatoms. The van der Waals surface area contributed by atoms with Crippen molar-refractivity contribution in [3.05, 3.63) is 65.5 Å². The largest absolute Gasteiger partial charge is 0.357 e. The van der Waals surface area contributed by atoms with E-state index in [1.807, 2.05) is 19.1 Å². The van der Waals surface area contributed by atoms with Crippen molar-refractivity contribution >= 4 is 16.0 Å². The van der Waals surface area contributed by atoms with Gasteiger partial charge in [-0.1, -0.05) is 30.3 Å². The zero-order chi connectivity index (χ0) is 21.8. The van der Waals surface area contributed by atoms with Gasteiger partial charge in [-0.2, -0.15) is 0 Å². The maximum atomic E-state index is 14.2. The zero-order valence-electron chi connectivity index (χ0n) is 17.7. The number of rotatable bonds is 8. The van der Waals surface area contributed by atoms with Crippen LogP contribution < -0.4 is 10.6 Å². The molecule has 0 unspecified atom stereocenters. The molecule has 2 N–H and O–H groups in total. The van der Waals surface area contributed by atoms with Gasteiger partial charge in [-0.05, 0) is 49.1 Å². The highest BCUT2D eigenvalue weighted by atomic mass is 32.2. The van der Waals surface area contributed by atoms with Gasteiger partial charge in [-0.25, -0.2) is 22.1 Å². The molecule has 3 rings (SSSR count). The molecule has 0 radical (unpaired) electrons. The highest BCUT2D eigenvalue weighted by molar-refractivity contribution is 7.89. The second-order valence-corrected chi connectivity index (χ2v) is 9.89. The van der Waals surface area contributed by atoms with Crippen LogP contribution >= 0.6 is 0 Å². The molecule has 0 atom stereocenters. The number of guanidine groups is 1. The van der Waals surface area contributed by atoms with Crippen LogP contribution in [0.5, 0.6) is 0 Å². The van der Waals surface area contributed by atoms with E-state index in [0.29, 0.717) is 25.6 Å². The first kappa shape index (κ1) is 22.2. The predicted octanol–water partition coefficient (Wildman–Crippen LogP) is 2.86. The van der Waals surface area contributed by atoms with Crippen molar-refractivity contribution in [2.24, 2.45) is 4.99 Å². The third-order valence-corrected chi connectivity index (χ3v) is 7.19. The molecule has 162 valence electrons. The van der Waals surface area contributed by atoms with Crippen molar-refractivity contribution in [1.29, 1.82) is 0 Å². The first-order chi connectivity index (χ1) is 14.3. The third-order valence-electron chi connectivity index (χ3n) is 5.36. The second-order valence-electron chi connectivity index (χ2n) is 7.74. The van der Waals surface area contributed by atoms with Crippen molar-refractivity contribution in [1.82, 2.24) is 14.9 Å². The Balaban J connectivity index is 1.66. The number of sulfonamides is 1. The van der Waals surface area contributed by atoms with Gasteiger partial charge in [0.05, 0.1) is 11.4 Å². The molecule has 1 fully saturated rings. The van der Waals surface area contributed by atoms with E-state index in [0.717, 1.165) is 24.0 Å². The molecule has 0 bridgehead atoms. The number of hydrogen-bond donors (Lipinski definition) is 2. The summed E-state index contributed by atoms with van der Waals surface area (Å²) in [7, 11) is -0.420. The van der Waals surface area contributed by atoms with Crippen LogP contribution in [0.3, 0.4) is 0 Å². The van der Waals surface area contributed by atoms with Crippen molar-refractivity contribution in [3.63, 3.8) is 0 Å². The Morgan fingerprint density at radius 3 is 2.33 bits per heavy atom. The monoisotopic (exact) mass is 432 g/mol. The van der Waals surface area contributed by atoms with Gasteiger partial charge in [0, 0.05) is 32.6 Å². The zero-order valence-corrected chi connectivity index (χ0v) is 18.5. The van der Waals surface area contributed by atoms with E-state index in [9.17, 15) is 12.8 Å². The third kappa shape index (κ3) is 4.99. The molecule has 2 aromatic rings. The number of nitrogens with one attached hydrogen (secondary N) is 2. The van der Waals surface area contributed by atoms with Crippen LogP contribution in [0.25, 0.3) is 0 Å². The molecule has 0 saturated heterocycles. The van der Waals surface area contributed by atoms with Crippen molar-refractivity contribution in [2.45, 2.75) is 36.6 Å². The summed E-state index contributed by atoms with van der Waals surface area (Å²) in [5.74, 6) is 0.497. The minimum Gasteiger partial charge on any atom is -0.357 e. The van der Waals surface area contributed by atoms with E-state index in [1.54, 1.807) is 30.3 Å². The molecule has 0 aromatic heterocycles. The van der Waals surface area contributed by atoms with Gasteiger partial charge in [0.25, 0.3) is 0 Å². The fraction of sp³-hybridized carbons (Fsp3) is 0.409. The summed E-state index contributed by atoms with van der Waals surface area (Å²) in [5.41, 5.74) is 1.48. The van der Waals surface area contributed by atoms with E-state index in [-0.39, 0.29) is 16.1 Å². The van der Waals surface area contributed by atoms with Crippen LogP contribution in [0.4, 0.5) is 4.39 Å². The average Bonchev–Trinajstić information content (AvgIpc) is 3.51. The predicted molar refractivity (Wildman–Crippen MR) is 117 cm³/mol. The molecule has 0 aliphatic heterocycles. The summed E-state index contributed by atoms with van der Waals surface area (Å²) in [4.78, 5) is 4.85. The van der Waals surface area contributed by atoms with E-state index in [1.165, 1.54) is 24.5 Å². The Hall–Kier alpha value is -2.45. The van der Waals surface area contributed by atoms with Crippen LogP contribution in [-0.4, -0.2) is 45.9 Å². The molecule has 0 amide bonds. The molecule has 30 heavy (non-hydrogen) atoms. The number of benzene rings is 2. The summed E-state index contributed by atoms with van der Waals surface area (Å²) >= 11 is 0. The normalized spacial score (nSPS) is 15.8. The number of hydrogen-bond acceptors (Lipinski definition) is 3. The maximum Gasteiger partial charge on any atom is 0.242 e. The van der Waals surface area contributed by atoms with Gasteiger partial charge >= 0.3 is 0 Å². The molecular weight excluding hydrogens is 403 g/mol. The molecule has 6 nitrogen and oxygen atoms in total. The number of nitrogens with zero attached hydrogens (tertiary/aromatic N) is 2. The van der Waals surface area contributed by atoms with Gasteiger partial charge in [-0.3, -0.25) is 0 Å². The van der Waals surface area contributed by atoms with Crippen LogP contribution in [0.15, 0.2) is 58.4 Å². The molecule has 1 aliphatic carbocycles. The molecule has 1 aliphatic rings. The van der Waals surface area contributed by atoms with Gasteiger partial charge in [0.1, 0.15) is 5.82 Å². The van der Waals surface area contributed by atoms with Crippen LogP contribution in [0, 0.1) is 5.82 Å². The van der Waals surface area contributed by atoms with Gasteiger partial charge in [0.2, 0.25) is 10.0 Å². The standard InChI is InChI=1S/C22H29FN4O2S/c1-4-24-21(26-16-22(13-14-22)19-7-5-6-8-20(19)23)25-15-17-9-11-18(12-10-17)30(28,29)27(2)3/h5-12H,4,13-16H2,1-3H3,(H2,24,25,26). The average molecular weight is 433 g/mol. The lowest BCUT2D eigenvalue weighted by Crippen LogP contribution is -2.41. The van der Waals surface area contributed by atoms with Crippen molar-refractivity contribution in [3.8, 4) is 0 Å². The number of halogens is 1. The highest BCUT2D eigenvalue weighted by Gasteiger charge is 2.45. The highest BCUT2D eigenvalue weighted by Crippen LogP contribution is 2.48. The quantitative estimate of drug-likeness (QED) is 0.497. The molecule has 2 aromatic carbocycles. The van der Waals surface area contributed by atoms with Gasteiger partial charge in [0.15, 0.2) is 5.96 Å². The summed E-state index contributed by atoms with van der Waals surface area (Å²) in [6, 6.07) is 13.7. The fourth-order valence-corrected chi connectivity index (χ4v) is 4.23. The number of aliphatic imine (C=N–C) groups is 1. The van der Waals surface area contributed by atoms with E-state index < -0.39 is 10.0 Å². The first-order valence-corrected chi connectivity index (χ1v) is 11.5. The van der Waals surface area contributed by atoms with Crippen LogP contribution in [-0.2, 0) is 22.0 Å². The lowest BCUT2D eigenvalue weighted by atomic mass is 9.95. The lowest BCUT2D eigenvalue weighted by Gasteiger charge is -2.19. The Morgan fingerprint density at radius 2 is 1.77 bits per heavy atom. The van der Waals surface area contributed by atoms with E-state index in [2.05, 4.69) is 15.6 Å². The summed E-state index contributed by atoms with van der Waals surface area (Å²) in [6.07, 6.45) is 1.89. The fourth-order valence-electron chi connectivity index (χ4n) is 3.33. The van der Waals surface area contributed by atoms with Crippen LogP contribution in [0.2, 0.25) is 0 Å². The van der Waals surface area contributed by atoms with Gasteiger partial charge in [-0.15, -0.1) is 0 Å². The summed E-state index contributed by atoms with van der Waals surface area (Å²) < 4.78 is 39.7. The Labute approximate surface area is 178 Å². The Bertz CT molecular complexity index is 1000. The minimum absolute atomic E-state index is 0.161. The molecule has 0 spiro atoms. The molecular formula is C22H29FN4O2S. The Kier molecular flexibility index (Phi) is 6.77. The first-order valence-electron chi connectivity index (χ1n) is 10.1. The summed E-state index contributed by atoms with van der Waals surface area (Å²) in [5, 5.41) is 6.55. The maximum absolute atomic E-state index is 14.2. The van der Waals surface area contributed by atoms with E-state index >= 15 is 0 Å². The lowest BCUT2D eigenvalue weighted by molar-refractivity contribution is 0.520. The smallest absolute Gasteiger partial charge is 0.242 e. The minimum atomic E-state index is -3.44. The van der Waals surface area contributed by atoms with Crippen molar-refractivity contribution < 1.29 is 12.8 Å². The van der Waals surface area contributed by atoms with Crippen LogP contribution in [0.1, 0.15) is 30.9 Å². The Morgan fingerprint density at radius 1 is 1.10 bits per heavy atom. The van der Waals surface area contributed by atoms with E-state index in [4.69, 9.17) is 0 Å². The molecule has 1 saturated carbocycles. The molecule has 0 heterocycles. The summed E-state index contributed by atoms with van der Waals surface area (Å²) in [6.45, 7) is 3.71. The topological polar surface area (TPSA) is 73.8 Å². The second kappa shape index (κ2) is 9.14. The SMILES string of the molecule is CCNC(=NCc1ccc(S(=O)(=O)N(C)C)cc1)NCC1(c2ccccc2F)CC1.